The van der Waals surface area contributed by atoms with Crippen LogP contribution >= 0.6 is 0 Å². The summed E-state index contributed by atoms with van der Waals surface area (Å²) in [6.45, 7) is 16.6. The molecule has 9 heteroatoms. The molecular weight excluding hydrogens is 431 g/mol. The lowest BCUT2D eigenvalue weighted by atomic mass is 9.43. The Morgan fingerprint density at radius 2 is 1.88 bits per heavy atom. The van der Waals surface area contributed by atoms with Gasteiger partial charge in [-0.25, -0.2) is 4.98 Å². The van der Waals surface area contributed by atoms with Crippen LogP contribution in [0.2, 0.25) is 0 Å². The zero-order valence-electron chi connectivity index (χ0n) is 21.8. The first-order valence-electron chi connectivity index (χ1n) is 12.4. The summed E-state index contributed by atoms with van der Waals surface area (Å²) in [4.78, 5) is 33.9. The van der Waals surface area contributed by atoms with Crippen molar-refractivity contribution in [3.8, 4) is 0 Å². The third-order valence-corrected chi connectivity index (χ3v) is 8.24. The molecule has 3 aliphatic carbocycles. The minimum absolute atomic E-state index is 0.0398. The highest BCUT2D eigenvalue weighted by Gasteiger charge is 2.68. The first-order chi connectivity index (χ1) is 15.6. The molecule has 8 nitrogen and oxygen atoms in total. The SMILES string of the molecule is CC(C)(C)C[C@H](NC(=O)C(C)(C)NC(=O)c1cnccn1)B1O[C@@H]2C[C@@H]3C[C@@H](C3(C)C)[C@]2(C)O1. The number of nitrogens with one attached hydrogen (secondary N) is 2. The second-order valence-electron chi connectivity index (χ2n) is 12.9. The summed E-state index contributed by atoms with van der Waals surface area (Å²) in [6, 6.07) is 0. The van der Waals surface area contributed by atoms with Crippen molar-refractivity contribution in [3.63, 3.8) is 0 Å². The molecule has 3 saturated carbocycles. The Hall–Kier alpha value is -2.00. The smallest absolute Gasteiger partial charge is 0.404 e. The van der Waals surface area contributed by atoms with Crippen LogP contribution in [-0.2, 0) is 14.1 Å². The molecule has 186 valence electrons. The molecule has 0 aromatic carbocycles. The van der Waals surface area contributed by atoms with Crippen LogP contribution in [0.3, 0.4) is 0 Å². The maximum atomic E-state index is 13.4. The quantitative estimate of drug-likeness (QED) is 0.620. The summed E-state index contributed by atoms with van der Waals surface area (Å²) < 4.78 is 13.2. The zero-order chi connectivity index (χ0) is 25.1. The molecular formula is C25H39BN4O4. The Bertz CT molecular complexity index is 948. The van der Waals surface area contributed by atoms with Crippen molar-refractivity contribution in [2.24, 2.45) is 22.7 Å². The van der Waals surface area contributed by atoms with Gasteiger partial charge in [-0.1, -0.05) is 34.6 Å². The molecule has 0 radical (unpaired) electrons. The standard InChI is InChI=1S/C25H39BN4O4/c1-22(2,3)13-19(26-33-18-12-15-11-17(23(15,4)5)25(18,8)34-26)29-21(32)24(6,7)30-20(31)16-14-27-9-10-28-16/h9-10,14-15,17-19H,11-13H2,1-8H3,(H,29,32)(H,30,31)/t15-,17-,18+,19-,25-/m0/s1. The minimum atomic E-state index is -1.16. The van der Waals surface area contributed by atoms with E-state index >= 15 is 0 Å². The van der Waals surface area contributed by atoms with Gasteiger partial charge >= 0.3 is 7.12 Å². The van der Waals surface area contributed by atoms with Gasteiger partial charge in [0.25, 0.3) is 5.91 Å². The number of carbonyl (C=O) groups is 2. The molecule has 1 aliphatic heterocycles. The van der Waals surface area contributed by atoms with E-state index in [1.807, 2.05) is 0 Å². The van der Waals surface area contributed by atoms with Crippen LogP contribution in [0, 0.1) is 22.7 Å². The Morgan fingerprint density at radius 1 is 1.18 bits per heavy atom. The Morgan fingerprint density at radius 3 is 2.47 bits per heavy atom. The van der Waals surface area contributed by atoms with Crippen LogP contribution in [0.1, 0.15) is 85.1 Å². The molecule has 1 aromatic heterocycles. The van der Waals surface area contributed by atoms with Gasteiger partial charge in [-0.05, 0) is 62.7 Å². The largest absolute Gasteiger partial charge is 0.481 e. The molecule has 0 unspecified atom stereocenters. The fraction of sp³-hybridized carbons (Fsp3) is 0.760. The normalized spacial score (nSPS) is 30.7. The molecule has 0 spiro atoms. The van der Waals surface area contributed by atoms with Gasteiger partial charge in [0.1, 0.15) is 11.2 Å². The van der Waals surface area contributed by atoms with Crippen LogP contribution in [0.25, 0.3) is 0 Å². The maximum absolute atomic E-state index is 13.4. The number of aromatic nitrogens is 2. The first kappa shape index (κ1) is 25.1. The molecule has 2 N–H and O–H groups in total. The van der Waals surface area contributed by atoms with Gasteiger partial charge in [-0.3, -0.25) is 14.6 Å². The van der Waals surface area contributed by atoms with Crippen LogP contribution in [0.4, 0.5) is 0 Å². The fourth-order valence-corrected chi connectivity index (χ4v) is 6.12. The van der Waals surface area contributed by atoms with Gasteiger partial charge in [-0.15, -0.1) is 0 Å². The van der Waals surface area contributed by atoms with Crippen molar-refractivity contribution in [2.45, 2.75) is 97.8 Å². The van der Waals surface area contributed by atoms with E-state index in [9.17, 15) is 9.59 Å². The molecule has 1 aromatic rings. The van der Waals surface area contributed by atoms with E-state index in [0.717, 1.165) is 6.42 Å². The zero-order valence-corrected chi connectivity index (χ0v) is 21.8. The molecule has 2 heterocycles. The molecule has 1 saturated heterocycles. The van der Waals surface area contributed by atoms with E-state index in [-0.39, 0.29) is 40.1 Å². The van der Waals surface area contributed by atoms with E-state index < -0.39 is 18.6 Å². The fourth-order valence-electron chi connectivity index (χ4n) is 6.12. The second-order valence-corrected chi connectivity index (χ2v) is 12.9. The molecule has 5 atom stereocenters. The van der Waals surface area contributed by atoms with E-state index in [1.54, 1.807) is 13.8 Å². The number of hydrogen-bond donors (Lipinski definition) is 2. The first-order valence-corrected chi connectivity index (χ1v) is 12.4. The third-order valence-electron chi connectivity index (χ3n) is 8.24. The van der Waals surface area contributed by atoms with Crippen molar-refractivity contribution in [1.82, 2.24) is 20.6 Å². The predicted octanol–water partition coefficient (Wildman–Crippen LogP) is 3.17. The lowest BCUT2D eigenvalue weighted by Crippen LogP contribution is -2.65. The van der Waals surface area contributed by atoms with E-state index in [4.69, 9.17) is 9.31 Å². The summed E-state index contributed by atoms with van der Waals surface area (Å²) in [5.74, 6) is 0.0135. The van der Waals surface area contributed by atoms with Gasteiger partial charge in [0.2, 0.25) is 5.91 Å². The number of hydrogen-bond acceptors (Lipinski definition) is 6. The minimum Gasteiger partial charge on any atom is -0.404 e. The number of amides is 2. The molecule has 2 bridgehead atoms. The topological polar surface area (TPSA) is 102 Å². The van der Waals surface area contributed by atoms with Gasteiger partial charge in [-0.2, -0.15) is 0 Å². The molecule has 4 fully saturated rings. The third kappa shape index (κ3) is 4.49. The summed E-state index contributed by atoms with van der Waals surface area (Å²) in [5.41, 5.74) is -1.16. The molecule has 2 amide bonds. The van der Waals surface area contributed by atoms with Crippen molar-refractivity contribution in [1.29, 1.82) is 0 Å². The van der Waals surface area contributed by atoms with Gasteiger partial charge in [0, 0.05) is 12.4 Å². The number of carbonyl (C=O) groups excluding carboxylic acids is 2. The summed E-state index contributed by atoms with van der Waals surface area (Å²) in [7, 11) is -0.528. The number of rotatable bonds is 6. The monoisotopic (exact) mass is 470 g/mol. The number of nitrogens with zero attached hydrogens (tertiary/aromatic N) is 2. The second kappa shape index (κ2) is 8.30. The summed E-state index contributed by atoms with van der Waals surface area (Å²) in [6.07, 6.45) is 7.20. The van der Waals surface area contributed by atoms with Crippen molar-refractivity contribution < 1.29 is 18.9 Å². The van der Waals surface area contributed by atoms with E-state index in [2.05, 4.69) is 62.1 Å². The van der Waals surface area contributed by atoms with Crippen LogP contribution in [-0.4, -0.2) is 52.1 Å². The summed E-state index contributed by atoms with van der Waals surface area (Å²) in [5, 5.41) is 5.93. The van der Waals surface area contributed by atoms with Crippen molar-refractivity contribution >= 4 is 18.9 Å². The Kier molecular flexibility index (Phi) is 6.13. The lowest BCUT2D eigenvalue weighted by molar-refractivity contribution is -0.199. The van der Waals surface area contributed by atoms with Crippen LogP contribution in [0.5, 0.6) is 0 Å². The van der Waals surface area contributed by atoms with Crippen molar-refractivity contribution in [2.75, 3.05) is 0 Å². The molecule has 34 heavy (non-hydrogen) atoms. The average Bonchev–Trinajstić information content (AvgIpc) is 3.09. The summed E-state index contributed by atoms with van der Waals surface area (Å²) >= 11 is 0. The highest BCUT2D eigenvalue weighted by Crippen LogP contribution is 2.65. The molecule has 5 rings (SSSR count). The van der Waals surface area contributed by atoms with Gasteiger partial charge < -0.3 is 19.9 Å². The Labute approximate surface area is 203 Å². The Balaban J connectivity index is 1.49. The van der Waals surface area contributed by atoms with Crippen molar-refractivity contribution in [3.05, 3.63) is 24.3 Å². The lowest BCUT2D eigenvalue weighted by Gasteiger charge is -2.64. The highest BCUT2D eigenvalue weighted by molar-refractivity contribution is 6.48. The average molecular weight is 470 g/mol. The van der Waals surface area contributed by atoms with Gasteiger partial charge in [0.15, 0.2) is 0 Å². The maximum Gasteiger partial charge on any atom is 0.481 e. The van der Waals surface area contributed by atoms with E-state index in [0.29, 0.717) is 18.3 Å². The molecule has 4 aliphatic rings. The van der Waals surface area contributed by atoms with Crippen LogP contribution < -0.4 is 10.6 Å². The van der Waals surface area contributed by atoms with E-state index in [1.165, 1.54) is 25.0 Å². The predicted molar refractivity (Wildman–Crippen MR) is 130 cm³/mol. The highest BCUT2D eigenvalue weighted by atomic mass is 16.7. The van der Waals surface area contributed by atoms with Gasteiger partial charge in [0.05, 0.1) is 23.8 Å². The van der Waals surface area contributed by atoms with Crippen LogP contribution in [0.15, 0.2) is 18.6 Å².